The number of rotatable bonds is 19. The molecule has 0 aromatic heterocycles. The SMILES string of the molecule is CCOC(=O)C(CCCCCCCCCCC(C(=O)OCC)C(=O)OCC)C(=O)OCC. The summed E-state index contributed by atoms with van der Waals surface area (Å²) < 4.78 is 19.9. The summed E-state index contributed by atoms with van der Waals surface area (Å²) in [6.07, 6.45) is 8.45. The van der Waals surface area contributed by atoms with Crippen molar-refractivity contribution in [3.05, 3.63) is 0 Å². The van der Waals surface area contributed by atoms with Crippen molar-refractivity contribution in [2.24, 2.45) is 11.8 Å². The van der Waals surface area contributed by atoms with Gasteiger partial charge in [-0.05, 0) is 40.5 Å². The molecule has 32 heavy (non-hydrogen) atoms. The normalized spacial score (nSPS) is 10.8. The first-order valence-corrected chi connectivity index (χ1v) is 12.1. The molecule has 186 valence electrons. The summed E-state index contributed by atoms with van der Waals surface area (Å²) in [5, 5.41) is 0. The van der Waals surface area contributed by atoms with Gasteiger partial charge in [0, 0.05) is 0 Å². The fraction of sp³-hybridized carbons (Fsp3) is 0.833. The maximum absolute atomic E-state index is 12.0. The van der Waals surface area contributed by atoms with Gasteiger partial charge in [-0.3, -0.25) is 19.2 Å². The number of esters is 4. The number of hydrogen-bond donors (Lipinski definition) is 0. The minimum atomic E-state index is -0.832. The third-order valence-corrected chi connectivity index (χ3v) is 5.02. The molecule has 0 N–H and O–H groups in total. The van der Waals surface area contributed by atoms with E-state index in [1.54, 1.807) is 27.7 Å². The van der Waals surface area contributed by atoms with E-state index >= 15 is 0 Å². The zero-order valence-electron chi connectivity index (χ0n) is 20.3. The second-order valence-electron chi connectivity index (χ2n) is 7.52. The lowest BCUT2D eigenvalue weighted by Gasteiger charge is -2.14. The van der Waals surface area contributed by atoms with E-state index in [1.165, 1.54) is 0 Å². The summed E-state index contributed by atoms with van der Waals surface area (Å²) in [6.45, 7) is 7.85. The average Bonchev–Trinajstić information content (AvgIpc) is 2.75. The lowest BCUT2D eigenvalue weighted by Crippen LogP contribution is -2.28. The zero-order valence-corrected chi connectivity index (χ0v) is 20.3. The molecule has 0 saturated carbocycles. The predicted molar refractivity (Wildman–Crippen MR) is 120 cm³/mol. The number of ether oxygens (including phenoxy) is 4. The van der Waals surface area contributed by atoms with Gasteiger partial charge in [-0.2, -0.15) is 0 Å². The van der Waals surface area contributed by atoms with E-state index in [0.29, 0.717) is 12.8 Å². The summed E-state index contributed by atoms with van der Waals surface area (Å²) in [5.41, 5.74) is 0. The second-order valence-corrected chi connectivity index (χ2v) is 7.52. The molecule has 0 aliphatic rings. The van der Waals surface area contributed by atoms with Crippen molar-refractivity contribution < 1.29 is 38.1 Å². The van der Waals surface area contributed by atoms with Gasteiger partial charge in [0.25, 0.3) is 0 Å². The number of hydrogen-bond acceptors (Lipinski definition) is 8. The summed E-state index contributed by atoms with van der Waals surface area (Å²) >= 11 is 0. The maximum Gasteiger partial charge on any atom is 0.320 e. The number of carbonyl (C=O) groups is 4. The molecule has 0 rings (SSSR count). The second kappa shape index (κ2) is 19.6. The van der Waals surface area contributed by atoms with Gasteiger partial charge in [-0.1, -0.05) is 51.4 Å². The monoisotopic (exact) mass is 458 g/mol. The summed E-state index contributed by atoms with van der Waals surface area (Å²) in [4.78, 5) is 47.8. The first kappa shape index (κ1) is 29.9. The van der Waals surface area contributed by atoms with Crippen molar-refractivity contribution in [3.8, 4) is 0 Å². The van der Waals surface area contributed by atoms with E-state index in [4.69, 9.17) is 18.9 Å². The molecular weight excluding hydrogens is 416 g/mol. The number of unbranched alkanes of at least 4 members (excludes halogenated alkanes) is 7. The summed E-state index contributed by atoms with van der Waals surface area (Å²) in [5.74, 6) is -3.68. The molecule has 0 unspecified atom stereocenters. The van der Waals surface area contributed by atoms with Crippen LogP contribution in [0.25, 0.3) is 0 Å². The van der Waals surface area contributed by atoms with Crippen molar-refractivity contribution >= 4 is 23.9 Å². The fourth-order valence-electron chi connectivity index (χ4n) is 3.39. The van der Waals surface area contributed by atoms with Gasteiger partial charge in [0.05, 0.1) is 26.4 Å². The highest BCUT2D eigenvalue weighted by Gasteiger charge is 2.29. The van der Waals surface area contributed by atoms with E-state index in [0.717, 1.165) is 51.4 Å². The van der Waals surface area contributed by atoms with Gasteiger partial charge in [-0.25, -0.2) is 0 Å². The van der Waals surface area contributed by atoms with Crippen LogP contribution in [0.3, 0.4) is 0 Å². The Hall–Kier alpha value is -2.12. The average molecular weight is 459 g/mol. The molecule has 0 aliphatic heterocycles. The highest BCUT2D eigenvalue weighted by Crippen LogP contribution is 2.18. The van der Waals surface area contributed by atoms with Crippen LogP contribution in [0.15, 0.2) is 0 Å². The van der Waals surface area contributed by atoms with E-state index in [9.17, 15) is 19.2 Å². The molecule has 0 aliphatic carbocycles. The Bertz CT molecular complexity index is 462. The van der Waals surface area contributed by atoms with E-state index in [1.807, 2.05) is 0 Å². The maximum atomic E-state index is 12.0. The largest absolute Gasteiger partial charge is 0.465 e. The molecule has 0 bridgehead atoms. The van der Waals surface area contributed by atoms with Crippen molar-refractivity contribution in [1.29, 1.82) is 0 Å². The Morgan fingerprint density at radius 3 is 0.875 bits per heavy atom. The Kier molecular flexibility index (Phi) is 18.3. The number of carbonyl (C=O) groups excluding carboxylic acids is 4. The van der Waals surface area contributed by atoms with Crippen molar-refractivity contribution in [2.45, 2.75) is 91.9 Å². The molecule has 0 spiro atoms. The molecule has 8 nitrogen and oxygen atoms in total. The zero-order chi connectivity index (χ0) is 24.2. The third-order valence-electron chi connectivity index (χ3n) is 5.02. The molecule has 0 aromatic rings. The quantitative estimate of drug-likeness (QED) is 0.122. The van der Waals surface area contributed by atoms with Gasteiger partial charge < -0.3 is 18.9 Å². The molecule has 0 radical (unpaired) electrons. The van der Waals surface area contributed by atoms with Crippen LogP contribution in [-0.4, -0.2) is 50.3 Å². The highest BCUT2D eigenvalue weighted by atomic mass is 16.6. The minimum absolute atomic E-state index is 0.245. The van der Waals surface area contributed by atoms with Gasteiger partial charge in [-0.15, -0.1) is 0 Å². The molecular formula is C24H42O8. The fourth-order valence-corrected chi connectivity index (χ4v) is 3.39. The Morgan fingerprint density at radius 1 is 0.438 bits per heavy atom. The molecule has 0 amide bonds. The van der Waals surface area contributed by atoms with Gasteiger partial charge in [0.2, 0.25) is 0 Å². The van der Waals surface area contributed by atoms with Crippen LogP contribution in [0.1, 0.15) is 91.9 Å². The van der Waals surface area contributed by atoms with E-state index in [2.05, 4.69) is 0 Å². The van der Waals surface area contributed by atoms with Gasteiger partial charge in [0.1, 0.15) is 0 Å². The molecule has 0 fully saturated rings. The van der Waals surface area contributed by atoms with Crippen LogP contribution < -0.4 is 0 Å². The van der Waals surface area contributed by atoms with Crippen molar-refractivity contribution in [3.63, 3.8) is 0 Å². The minimum Gasteiger partial charge on any atom is -0.465 e. The van der Waals surface area contributed by atoms with Crippen LogP contribution in [0.4, 0.5) is 0 Å². The van der Waals surface area contributed by atoms with Crippen molar-refractivity contribution in [2.75, 3.05) is 26.4 Å². The molecule has 0 aromatic carbocycles. The summed E-state index contributed by atoms with van der Waals surface area (Å²) in [6, 6.07) is 0. The van der Waals surface area contributed by atoms with Gasteiger partial charge >= 0.3 is 23.9 Å². The van der Waals surface area contributed by atoms with Crippen LogP contribution in [0.2, 0.25) is 0 Å². The van der Waals surface area contributed by atoms with E-state index in [-0.39, 0.29) is 26.4 Å². The molecule has 0 atom stereocenters. The standard InChI is InChI=1S/C24H42O8/c1-5-29-21(25)19(22(26)30-6-2)17-15-13-11-9-10-12-14-16-18-20(23(27)31-7-3)24(28)32-8-4/h19-20H,5-18H2,1-4H3. The topological polar surface area (TPSA) is 105 Å². The van der Waals surface area contributed by atoms with Crippen molar-refractivity contribution in [1.82, 2.24) is 0 Å². The van der Waals surface area contributed by atoms with Crippen LogP contribution in [0.5, 0.6) is 0 Å². The first-order valence-electron chi connectivity index (χ1n) is 12.1. The third kappa shape index (κ3) is 13.3. The van der Waals surface area contributed by atoms with Gasteiger partial charge in [0.15, 0.2) is 11.8 Å². The smallest absolute Gasteiger partial charge is 0.320 e. The summed E-state index contributed by atoms with van der Waals surface area (Å²) in [7, 11) is 0. The highest BCUT2D eigenvalue weighted by molar-refractivity contribution is 5.95. The Morgan fingerprint density at radius 2 is 0.656 bits per heavy atom. The molecule has 0 heterocycles. The van der Waals surface area contributed by atoms with Crippen LogP contribution in [0, 0.1) is 11.8 Å². The molecule has 0 saturated heterocycles. The van der Waals surface area contributed by atoms with Crippen LogP contribution >= 0.6 is 0 Å². The Balaban J connectivity index is 4.03. The lowest BCUT2D eigenvalue weighted by atomic mass is 9.98. The lowest BCUT2D eigenvalue weighted by molar-refractivity contribution is -0.163. The first-order chi connectivity index (χ1) is 15.4. The van der Waals surface area contributed by atoms with E-state index < -0.39 is 35.7 Å². The Labute approximate surface area is 192 Å². The van der Waals surface area contributed by atoms with Crippen LogP contribution in [-0.2, 0) is 38.1 Å². The molecule has 8 heteroatoms. The predicted octanol–water partition coefficient (Wildman–Crippen LogP) is 4.37.